The van der Waals surface area contributed by atoms with Gasteiger partial charge in [-0.1, -0.05) is 18.2 Å². The topological polar surface area (TPSA) is 71.5 Å². The Hall–Kier alpha value is -3.26. The highest BCUT2D eigenvalue weighted by molar-refractivity contribution is 5.89. The fraction of sp³-hybridized carbons (Fsp3) is 0.481. The third kappa shape index (κ3) is 6.06. The number of carbonyl (C=O) groups excluding carboxylic acids is 2. The molecule has 1 unspecified atom stereocenters. The van der Waals surface area contributed by atoms with E-state index in [4.69, 9.17) is 14.2 Å². The van der Waals surface area contributed by atoms with Crippen molar-refractivity contribution in [2.45, 2.75) is 19.4 Å². The number of ether oxygens (including phenoxy) is 3. The van der Waals surface area contributed by atoms with Crippen molar-refractivity contribution in [3.05, 3.63) is 53.6 Å². The fourth-order valence-corrected chi connectivity index (χ4v) is 4.75. The Bertz CT molecular complexity index is 1020. The van der Waals surface area contributed by atoms with Crippen molar-refractivity contribution in [3.63, 3.8) is 0 Å². The first-order valence-electron chi connectivity index (χ1n) is 12.1. The molecular formula is C27H35N3O5. The molecule has 0 N–H and O–H groups in total. The zero-order chi connectivity index (χ0) is 24.8. The molecule has 2 aliphatic rings. The Morgan fingerprint density at radius 2 is 1.71 bits per heavy atom. The minimum Gasteiger partial charge on any atom is -0.493 e. The normalized spacial score (nSPS) is 18.0. The van der Waals surface area contributed by atoms with Crippen molar-refractivity contribution in [3.8, 4) is 11.5 Å². The summed E-state index contributed by atoms with van der Waals surface area (Å²) in [5.41, 5.74) is 3.31. The molecule has 0 saturated carbocycles. The van der Waals surface area contributed by atoms with Gasteiger partial charge in [0.15, 0.2) is 11.5 Å². The van der Waals surface area contributed by atoms with Crippen molar-refractivity contribution in [1.29, 1.82) is 0 Å². The van der Waals surface area contributed by atoms with Crippen LogP contribution in [0.25, 0.3) is 0 Å². The molecule has 2 saturated heterocycles. The van der Waals surface area contributed by atoms with E-state index in [1.165, 1.54) is 5.69 Å². The van der Waals surface area contributed by atoms with Crippen molar-refractivity contribution in [2.75, 3.05) is 65.6 Å². The minimum absolute atomic E-state index is 0.0178. The lowest BCUT2D eigenvalue weighted by Crippen LogP contribution is -2.36. The van der Waals surface area contributed by atoms with Crippen molar-refractivity contribution in [1.82, 2.24) is 9.80 Å². The maximum absolute atomic E-state index is 13.1. The number of hydrogen-bond donors (Lipinski definition) is 0. The fourth-order valence-electron chi connectivity index (χ4n) is 4.75. The molecule has 4 rings (SSSR count). The first kappa shape index (κ1) is 24.9. The number of benzene rings is 2. The third-order valence-corrected chi connectivity index (χ3v) is 6.79. The second-order valence-electron chi connectivity index (χ2n) is 9.14. The molecule has 2 heterocycles. The van der Waals surface area contributed by atoms with Crippen LogP contribution in [-0.2, 0) is 27.3 Å². The standard InChI is InChI=1S/C27H35N3O5/c1-28(18-21-4-7-23(8-5-21)29-12-14-35-15-13-29)27(32)22-17-26(31)30(19-22)11-10-20-6-9-24(33-2)25(16-20)34-3/h4-9,16,22H,10-15,17-19H2,1-3H3. The molecular weight excluding hydrogens is 446 g/mol. The number of amides is 2. The Morgan fingerprint density at radius 3 is 2.40 bits per heavy atom. The summed E-state index contributed by atoms with van der Waals surface area (Å²) in [4.78, 5) is 31.5. The lowest BCUT2D eigenvalue weighted by Gasteiger charge is -2.29. The van der Waals surface area contributed by atoms with Gasteiger partial charge in [-0.05, 0) is 41.8 Å². The van der Waals surface area contributed by atoms with Gasteiger partial charge in [0.25, 0.3) is 0 Å². The maximum Gasteiger partial charge on any atom is 0.228 e. The van der Waals surface area contributed by atoms with Gasteiger partial charge in [-0.15, -0.1) is 0 Å². The molecule has 2 aromatic rings. The summed E-state index contributed by atoms with van der Waals surface area (Å²) in [6.07, 6.45) is 0.962. The summed E-state index contributed by atoms with van der Waals surface area (Å²) in [5, 5.41) is 0. The van der Waals surface area contributed by atoms with E-state index in [0.717, 1.165) is 37.4 Å². The van der Waals surface area contributed by atoms with Gasteiger partial charge >= 0.3 is 0 Å². The molecule has 0 bridgehead atoms. The highest BCUT2D eigenvalue weighted by Gasteiger charge is 2.35. The van der Waals surface area contributed by atoms with Crippen LogP contribution >= 0.6 is 0 Å². The molecule has 2 fully saturated rings. The van der Waals surface area contributed by atoms with E-state index in [0.29, 0.717) is 37.6 Å². The average Bonchev–Trinajstić information content (AvgIpc) is 3.27. The van der Waals surface area contributed by atoms with E-state index in [-0.39, 0.29) is 24.2 Å². The van der Waals surface area contributed by atoms with Crippen LogP contribution in [0, 0.1) is 5.92 Å². The smallest absolute Gasteiger partial charge is 0.228 e. The molecule has 2 aliphatic heterocycles. The number of nitrogens with zero attached hydrogens (tertiary/aromatic N) is 3. The second kappa shape index (κ2) is 11.4. The van der Waals surface area contributed by atoms with E-state index in [1.54, 1.807) is 24.0 Å². The van der Waals surface area contributed by atoms with Crippen LogP contribution in [-0.4, -0.2) is 82.3 Å². The first-order chi connectivity index (χ1) is 17.0. The average molecular weight is 482 g/mol. The second-order valence-corrected chi connectivity index (χ2v) is 9.14. The molecule has 0 spiro atoms. The van der Waals surface area contributed by atoms with Gasteiger partial charge in [-0.25, -0.2) is 0 Å². The van der Waals surface area contributed by atoms with E-state index in [1.807, 2.05) is 25.2 Å². The van der Waals surface area contributed by atoms with Crippen LogP contribution in [0.2, 0.25) is 0 Å². The van der Waals surface area contributed by atoms with Gasteiger partial charge in [0.1, 0.15) is 0 Å². The van der Waals surface area contributed by atoms with Crippen molar-refractivity contribution >= 4 is 17.5 Å². The van der Waals surface area contributed by atoms with Crippen molar-refractivity contribution in [2.24, 2.45) is 5.92 Å². The van der Waals surface area contributed by atoms with Gasteiger partial charge in [-0.3, -0.25) is 9.59 Å². The number of morpholine rings is 1. The SMILES string of the molecule is COc1ccc(CCN2CC(C(=O)N(C)Cc3ccc(N4CCOCC4)cc3)CC2=O)cc1OC. The van der Waals surface area contributed by atoms with E-state index < -0.39 is 0 Å². The number of anilines is 1. The third-order valence-electron chi connectivity index (χ3n) is 6.79. The molecule has 2 amide bonds. The van der Waals surface area contributed by atoms with E-state index >= 15 is 0 Å². The molecule has 188 valence electrons. The number of methoxy groups -OCH3 is 2. The summed E-state index contributed by atoms with van der Waals surface area (Å²) in [7, 11) is 5.03. The highest BCUT2D eigenvalue weighted by atomic mass is 16.5. The van der Waals surface area contributed by atoms with Crippen LogP contribution < -0.4 is 14.4 Å². The Morgan fingerprint density at radius 1 is 1.03 bits per heavy atom. The maximum atomic E-state index is 13.1. The summed E-state index contributed by atoms with van der Waals surface area (Å²) in [6.45, 7) is 4.87. The predicted octanol–water partition coefficient (Wildman–Crippen LogP) is 2.59. The summed E-state index contributed by atoms with van der Waals surface area (Å²) < 4.78 is 16.1. The number of likely N-dealkylation sites (tertiary alicyclic amines) is 1. The van der Waals surface area contributed by atoms with Gasteiger partial charge in [0.2, 0.25) is 11.8 Å². The number of carbonyl (C=O) groups is 2. The first-order valence-corrected chi connectivity index (χ1v) is 12.1. The minimum atomic E-state index is -0.300. The van der Waals surface area contributed by atoms with E-state index in [9.17, 15) is 9.59 Å². The van der Waals surface area contributed by atoms with Crippen LogP contribution in [0.1, 0.15) is 17.5 Å². The molecule has 1 atom stereocenters. The number of rotatable bonds is 9. The largest absolute Gasteiger partial charge is 0.493 e. The van der Waals surface area contributed by atoms with Crippen LogP contribution in [0.5, 0.6) is 11.5 Å². The molecule has 0 aromatic heterocycles. The predicted molar refractivity (Wildman–Crippen MR) is 134 cm³/mol. The Labute approximate surface area is 207 Å². The molecule has 0 radical (unpaired) electrons. The highest BCUT2D eigenvalue weighted by Crippen LogP contribution is 2.28. The van der Waals surface area contributed by atoms with Crippen LogP contribution in [0.3, 0.4) is 0 Å². The van der Waals surface area contributed by atoms with Gasteiger partial charge < -0.3 is 28.9 Å². The monoisotopic (exact) mass is 481 g/mol. The number of hydrogen-bond acceptors (Lipinski definition) is 6. The molecule has 8 heteroatoms. The lowest BCUT2D eigenvalue weighted by molar-refractivity contribution is -0.135. The van der Waals surface area contributed by atoms with Crippen LogP contribution in [0.4, 0.5) is 5.69 Å². The molecule has 8 nitrogen and oxygen atoms in total. The van der Waals surface area contributed by atoms with Crippen LogP contribution in [0.15, 0.2) is 42.5 Å². The zero-order valence-electron chi connectivity index (χ0n) is 20.9. The summed E-state index contributed by atoms with van der Waals surface area (Å²) >= 11 is 0. The Balaban J connectivity index is 1.28. The van der Waals surface area contributed by atoms with Gasteiger partial charge in [0, 0.05) is 51.9 Å². The quantitative estimate of drug-likeness (QED) is 0.548. The summed E-state index contributed by atoms with van der Waals surface area (Å²) in [6, 6.07) is 14.1. The van der Waals surface area contributed by atoms with E-state index in [2.05, 4.69) is 29.2 Å². The molecule has 35 heavy (non-hydrogen) atoms. The lowest BCUT2D eigenvalue weighted by atomic mass is 10.1. The molecule has 0 aliphatic carbocycles. The van der Waals surface area contributed by atoms with Crippen molar-refractivity contribution < 1.29 is 23.8 Å². The van der Waals surface area contributed by atoms with Gasteiger partial charge in [-0.2, -0.15) is 0 Å². The van der Waals surface area contributed by atoms with Gasteiger partial charge in [0.05, 0.1) is 33.4 Å². The Kier molecular flexibility index (Phi) is 8.13. The summed E-state index contributed by atoms with van der Waals surface area (Å²) in [5.74, 6) is 1.10. The zero-order valence-corrected chi connectivity index (χ0v) is 20.9. The molecule has 2 aromatic carbocycles.